The van der Waals surface area contributed by atoms with Gasteiger partial charge in [0.05, 0.1) is 6.67 Å². The van der Waals surface area contributed by atoms with Crippen LogP contribution in [-0.4, -0.2) is 6.67 Å². The summed E-state index contributed by atoms with van der Waals surface area (Å²) < 4.78 is 25.7. The average Bonchev–Trinajstić information content (AvgIpc) is 2.17. The summed E-state index contributed by atoms with van der Waals surface area (Å²) in [6, 6.07) is 4.81. The lowest BCUT2D eigenvalue weighted by atomic mass is 9.99. The lowest BCUT2D eigenvalue weighted by Gasteiger charge is -2.09. The molecule has 0 N–H and O–H groups in total. The zero-order valence-corrected chi connectivity index (χ0v) is 7.26. The molecule has 0 spiro atoms. The molecule has 0 saturated heterocycles. The Balaban J connectivity index is 3.15. The van der Waals surface area contributed by atoms with Crippen LogP contribution in [-0.2, 0) is 0 Å². The zero-order chi connectivity index (χ0) is 9.84. The monoisotopic (exact) mass is 181 g/mol. The molecule has 1 radical (unpaired) electrons. The van der Waals surface area contributed by atoms with Crippen molar-refractivity contribution < 1.29 is 8.78 Å². The molecule has 0 aliphatic carbocycles. The number of hydrogen-bond acceptors (Lipinski definition) is 0. The molecule has 13 heavy (non-hydrogen) atoms. The second kappa shape index (κ2) is 4.17. The first-order chi connectivity index (χ1) is 6.20. The maximum atomic E-state index is 13.4. The zero-order valence-electron chi connectivity index (χ0n) is 7.26. The van der Waals surface area contributed by atoms with Crippen LogP contribution in [0.15, 0.2) is 24.8 Å². The van der Waals surface area contributed by atoms with Gasteiger partial charge in [0, 0.05) is 11.5 Å². The van der Waals surface area contributed by atoms with Crippen molar-refractivity contribution in [1.29, 1.82) is 0 Å². The van der Waals surface area contributed by atoms with E-state index in [1.165, 1.54) is 6.08 Å². The second-order valence-electron chi connectivity index (χ2n) is 2.81. The predicted molar refractivity (Wildman–Crippen MR) is 50.6 cm³/mol. The predicted octanol–water partition coefficient (Wildman–Crippen LogP) is 3.36. The number of hydrogen-bond donors (Lipinski definition) is 0. The fraction of sp³-hybridized carbons (Fsp3) is 0.182. The minimum atomic E-state index is -0.655. The van der Waals surface area contributed by atoms with Crippen molar-refractivity contribution in [2.45, 2.75) is 5.92 Å². The van der Waals surface area contributed by atoms with Gasteiger partial charge in [0.25, 0.3) is 0 Å². The minimum Gasteiger partial charge on any atom is -0.250 e. The number of rotatable bonds is 3. The van der Waals surface area contributed by atoms with Crippen LogP contribution in [0.1, 0.15) is 17.0 Å². The van der Waals surface area contributed by atoms with Gasteiger partial charge < -0.3 is 0 Å². The normalized spacial score (nSPS) is 12.5. The van der Waals surface area contributed by atoms with Crippen LogP contribution in [0.2, 0.25) is 0 Å². The van der Waals surface area contributed by atoms with Crippen molar-refractivity contribution in [2.75, 3.05) is 6.67 Å². The highest BCUT2D eigenvalue weighted by Gasteiger charge is 2.12. The molecule has 1 rings (SSSR count). The molecule has 0 amide bonds. The molecule has 0 fully saturated rings. The van der Waals surface area contributed by atoms with Crippen LogP contribution >= 0.6 is 0 Å². The van der Waals surface area contributed by atoms with Crippen LogP contribution < -0.4 is 0 Å². The molecule has 0 nitrogen and oxygen atoms in total. The number of alkyl halides is 1. The summed E-state index contributed by atoms with van der Waals surface area (Å²) in [5.74, 6) is -1.06. The Kier molecular flexibility index (Phi) is 3.18. The van der Waals surface area contributed by atoms with Gasteiger partial charge in [-0.3, -0.25) is 4.39 Å². The molecule has 0 aromatic heterocycles. The highest BCUT2D eigenvalue weighted by atomic mass is 19.1. The molecule has 1 aromatic carbocycles. The van der Waals surface area contributed by atoms with E-state index in [0.717, 1.165) is 0 Å². The lowest BCUT2D eigenvalue weighted by Crippen LogP contribution is -2.00. The van der Waals surface area contributed by atoms with E-state index in [1.807, 2.05) is 0 Å². The summed E-state index contributed by atoms with van der Waals surface area (Å²) in [6.45, 7) is 6.32. The fourth-order valence-corrected chi connectivity index (χ4v) is 1.12. The fourth-order valence-electron chi connectivity index (χ4n) is 1.12. The topological polar surface area (TPSA) is 0 Å². The Morgan fingerprint density at radius 3 is 2.69 bits per heavy atom. The van der Waals surface area contributed by atoms with Gasteiger partial charge in [-0.05, 0) is 12.5 Å². The standard InChI is InChI=1S/C11H11F2/c1-3-9-5-4-6-10(11(9)13)8(2)7-12/h3-6,8H,1-2,7H2. The molecule has 0 aliphatic rings. The molecule has 1 atom stereocenters. The summed E-state index contributed by atoms with van der Waals surface area (Å²) >= 11 is 0. The van der Waals surface area contributed by atoms with Crippen molar-refractivity contribution in [3.63, 3.8) is 0 Å². The van der Waals surface area contributed by atoms with Gasteiger partial charge in [-0.1, -0.05) is 30.9 Å². The molecular weight excluding hydrogens is 170 g/mol. The van der Waals surface area contributed by atoms with Crippen molar-refractivity contribution in [3.8, 4) is 0 Å². The molecule has 1 unspecified atom stereocenters. The second-order valence-corrected chi connectivity index (χ2v) is 2.81. The van der Waals surface area contributed by atoms with Crippen LogP contribution in [0.4, 0.5) is 8.78 Å². The van der Waals surface area contributed by atoms with Gasteiger partial charge in [-0.15, -0.1) is 0 Å². The third-order valence-electron chi connectivity index (χ3n) is 1.90. The van der Waals surface area contributed by atoms with E-state index < -0.39 is 18.4 Å². The van der Waals surface area contributed by atoms with Gasteiger partial charge in [0.15, 0.2) is 0 Å². The first-order valence-electron chi connectivity index (χ1n) is 4.00. The maximum Gasteiger partial charge on any atom is 0.133 e. The Morgan fingerprint density at radius 2 is 2.15 bits per heavy atom. The van der Waals surface area contributed by atoms with Crippen molar-refractivity contribution in [3.05, 3.63) is 48.6 Å². The molecule has 69 valence electrons. The Hall–Kier alpha value is -1.18. The third kappa shape index (κ3) is 1.94. The molecular formula is C11H11F2. The molecule has 0 aliphatic heterocycles. The van der Waals surface area contributed by atoms with E-state index in [1.54, 1.807) is 18.2 Å². The van der Waals surface area contributed by atoms with E-state index in [9.17, 15) is 8.78 Å². The Bertz CT molecular complexity index is 305. The smallest absolute Gasteiger partial charge is 0.133 e. The van der Waals surface area contributed by atoms with Crippen LogP contribution in [0.25, 0.3) is 6.08 Å². The van der Waals surface area contributed by atoms with E-state index >= 15 is 0 Å². The van der Waals surface area contributed by atoms with Gasteiger partial charge in [-0.25, -0.2) is 4.39 Å². The highest BCUT2D eigenvalue weighted by molar-refractivity contribution is 5.49. The van der Waals surface area contributed by atoms with E-state index in [2.05, 4.69) is 13.5 Å². The summed E-state index contributed by atoms with van der Waals surface area (Å²) in [5, 5.41) is 0. The number of benzene rings is 1. The lowest BCUT2D eigenvalue weighted by molar-refractivity contribution is 0.455. The maximum absolute atomic E-state index is 13.4. The third-order valence-corrected chi connectivity index (χ3v) is 1.90. The van der Waals surface area contributed by atoms with E-state index in [4.69, 9.17) is 0 Å². The summed E-state index contributed by atoms with van der Waals surface area (Å²) in [7, 11) is 0. The SMILES string of the molecule is [CH2]C(CF)c1cccc(C=C)c1F. The van der Waals surface area contributed by atoms with Gasteiger partial charge in [0.2, 0.25) is 0 Å². The molecule has 1 aromatic rings. The molecule has 0 heterocycles. The quantitative estimate of drug-likeness (QED) is 0.670. The van der Waals surface area contributed by atoms with E-state index in [0.29, 0.717) is 11.1 Å². The van der Waals surface area contributed by atoms with Crippen molar-refractivity contribution in [1.82, 2.24) is 0 Å². The Morgan fingerprint density at radius 1 is 1.46 bits per heavy atom. The summed E-state index contributed by atoms with van der Waals surface area (Å²) in [5.41, 5.74) is 0.694. The van der Waals surface area contributed by atoms with Crippen LogP contribution in [0.3, 0.4) is 0 Å². The van der Waals surface area contributed by atoms with Crippen LogP contribution in [0, 0.1) is 12.7 Å². The minimum absolute atomic E-state index is 0.305. The van der Waals surface area contributed by atoms with Crippen molar-refractivity contribution >= 4 is 6.08 Å². The average molecular weight is 181 g/mol. The molecule has 2 heteroatoms. The highest BCUT2D eigenvalue weighted by Crippen LogP contribution is 2.22. The summed E-state index contributed by atoms with van der Waals surface area (Å²) in [4.78, 5) is 0. The number of halogens is 2. The molecule has 0 saturated carbocycles. The first kappa shape index (κ1) is 9.90. The van der Waals surface area contributed by atoms with Gasteiger partial charge in [-0.2, -0.15) is 0 Å². The molecule has 0 bridgehead atoms. The van der Waals surface area contributed by atoms with E-state index in [-0.39, 0.29) is 0 Å². The van der Waals surface area contributed by atoms with Gasteiger partial charge >= 0.3 is 0 Å². The Labute approximate surface area is 76.9 Å². The van der Waals surface area contributed by atoms with Gasteiger partial charge in [0.1, 0.15) is 5.82 Å². The van der Waals surface area contributed by atoms with Crippen LogP contribution in [0.5, 0.6) is 0 Å². The van der Waals surface area contributed by atoms with Crippen molar-refractivity contribution in [2.24, 2.45) is 0 Å². The summed E-state index contributed by atoms with van der Waals surface area (Å²) in [6.07, 6.45) is 1.41. The first-order valence-corrected chi connectivity index (χ1v) is 4.00. The largest absolute Gasteiger partial charge is 0.250 e.